The minimum absolute atomic E-state index is 0.679. The van der Waals surface area contributed by atoms with Gasteiger partial charge in [-0.1, -0.05) is 24.3 Å². The Morgan fingerprint density at radius 3 is 1.32 bits per heavy atom. The summed E-state index contributed by atoms with van der Waals surface area (Å²) in [7, 11) is 3.37. The molecule has 3 aromatic carbocycles. The molecule has 0 saturated heterocycles. The second kappa shape index (κ2) is 5.68. The van der Waals surface area contributed by atoms with Gasteiger partial charge in [0.25, 0.3) is 0 Å². The molecule has 0 spiro atoms. The van der Waals surface area contributed by atoms with Crippen LogP contribution in [0.2, 0.25) is 0 Å². The number of fused-ring (bicyclic) bond motifs is 2. The number of benzene rings is 3. The molecule has 2 aromatic heterocycles. The molecule has 2 heterocycles. The highest BCUT2D eigenvalue weighted by atomic mass is 16.5. The molecule has 5 aromatic rings. The van der Waals surface area contributed by atoms with E-state index in [0.717, 1.165) is 43.7 Å². The van der Waals surface area contributed by atoms with Crippen LogP contribution < -0.4 is 9.47 Å². The Morgan fingerprint density at radius 1 is 0.571 bits per heavy atom. The van der Waals surface area contributed by atoms with Gasteiger partial charge in [-0.05, 0) is 49.6 Å². The molecule has 140 valence electrons. The van der Waals surface area contributed by atoms with Crippen molar-refractivity contribution in [3.8, 4) is 11.8 Å². The summed E-state index contributed by atoms with van der Waals surface area (Å²) in [5.41, 5.74) is 6.49. The van der Waals surface area contributed by atoms with E-state index in [4.69, 9.17) is 19.4 Å². The van der Waals surface area contributed by atoms with Crippen LogP contribution in [-0.4, -0.2) is 24.2 Å². The first-order chi connectivity index (χ1) is 13.5. The zero-order valence-corrected chi connectivity index (χ0v) is 17.0. The van der Waals surface area contributed by atoms with Gasteiger partial charge >= 0.3 is 0 Å². The van der Waals surface area contributed by atoms with Crippen LogP contribution >= 0.6 is 0 Å². The molecule has 0 N–H and O–H groups in total. The van der Waals surface area contributed by atoms with Crippen LogP contribution in [0, 0.1) is 27.7 Å². The fourth-order valence-electron chi connectivity index (χ4n) is 4.75. The minimum atomic E-state index is 0.679. The van der Waals surface area contributed by atoms with Crippen LogP contribution in [0.15, 0.2) is 24.3 Å². The van der Waals surface area contributed by atoms with Crippen molar-refractivity contribution in [2.75, 3.05) is 14.2 Å². The van der Waals surface area contributed by atoms with Crippen LogP contribution in [0.3, 0.4) is 0 Å². The van der Waals surface area contributed by atoms with Gasteiger partial charge in [-0.2, -0.15) is 0 Å². The third-order valence-corrected chi connectivity index (χ3v) is 6.02. The molecule has 0 unspecified atom stereocenters. The fourth-order valence-corrected chi connectivity index (χ4v) is 4.75. The molecule has 0 saturated carbocycles. The number of nitrogens with zero attached hydrogens (tertiary/aromatic N) is 2. The average Bonchev–Trinajstić information content (AvgIpc) is 2.69. The minimum Gasteiger partial charge on any atom is -0.481 e. The van der Waals surface area contributed by atoms with Gasteiger partial charge in [0.2, 0.25) is 11.8 Å². The lowest BCUT2D eigenvalue weighted by Gasteiger charge is -2.19. The predicted molar refractivity (Wildman–Crippen MR) is 115 cm³/mol. The van der Waals surface area contributed by atoms with Gasteiger partial charge in [0.15, 0.2) is 0 Å². The zero-order valence-electron chi connectivity index (χ0n) is 17.0. The Hall–Kier alpha value is -3.14. The van der Waals surface area contributed by atoms with E-state index in [1.54, 1.807) is 14.2 Å². The Bertz CT molecular complexity index is 1310. The molecule has 0 aliphatic heterocycles. The average molecular weight is 370 g/mol. The smallest absolute Gasteiger partial charge is 0.217 e. The zero-order chi connectivity index (χ0) is 19.7. The van der Waals surface area contributed by atoms with Crippen molar-refractivity contribution in [1.82, 2.24) is 9.97 Å². The Labute approximate surface area is 163 Å². The maximum atomic E-state index is 5.64. The van der Waals surface area contributed by atoms with Crippen LogP contribution in [0.4, 0.5) is 0 Å². The number of ether oxygens (including phenoxy) is 2. The molecule has 0 aliphatic carbocycles. The van der Waals surface area contributed by atoms with Crippen LogP contribution in [0.1, 0.15) is 22.3 Å². The molecule has 0 bridgehead atoms. The van der Waals surface area contributed by atoms with Crippen molar-refractivity contribution in [2.45, 2.75) is 27.7 Å². The van der Waals surface area contributed by atoms with Crippen LogP contribution in [0.5, 0.6) is 11.8 Å². The number of methoxy groups -OCH3 is 2. The quantitative estimate of drug-likeness (QED) is 0.292. The van der Waals surface area contributed by atoms with Gasteiger partial charge < -0.3 is 9.47 Å². The summed E-state index contributed by atoms with van der Waals surface area (Å²) in [4.78, 5) is 9.87. The molecule has 0 aliphatic rings. The fraction of sp³-hybridized carbons (Fsp3) is 0.250. The van der Waals surface area contributed by atoms with E-state index < -0.39 is 0 Å². The van der Waals surface area contributed by atoms with Gasteiger partial charge in [-0.25, -0.2) is 9.97 Å². The Morgan fingerprint density at radius 2 is 0.964 bits per heavy atom. The molecule has 28 heavy (non-hydrogen) atoms. The van der Waals surface area contributed by atoms with Crippen molar-refractivity contribution >= 4 is 43.4 Å². The van der Waals surface area contributed by atoms with Gasteiger partial charge in [0.05, 0.1) is 25.3 Å². The molecule has 5 rings (SSSR count). The number of rotatable bonds is 2. The third kappa shape index (κ3) is 1.95. The topological polar surface area (TPSA) is 44.2 Å². The monoisotopic (exact) mass is 370 g/mol. The summed E-state index contributed by atoms with van der Waals surface area (Å²) in [5.74, 6) is 1.36. The second-order valence-electron chi connectivity index (χ2n) is 7.55. The molecular weight excluding hydrogens is 348 g/mol. The van der Waals surface area contributed by atoms with Crippen molar-refractivity contribution < 1.29 is 9.47 Å². The maximum Gasteiger partial charge on any atom is 0.217 e. The molecular formula is C24H22N2O2. The Balaban J connectivity index is 2.22. The van der Waals surface area contributed by atoms with E-state index >= 15 is 0 Å². The third-order valence-electron chi connectivity index (χ3n) is 6.02. The van der Waals surface area contributed by atoms with Gasteiger partial charge in [0.1, 0.15) is 0 Å². The number of hydrogen-bond acceptors (Lipinski definition) is 4. The number of aryl methyl sites for hydroxylation is 4. The van der Waals surface area contributed by atoms with E-state index in [9.17, 15) is 0 Å². The summed E-state index contributed by atoms with van der Waals surface area (Å²) in [5, 5.41) is 6.90. The van der Waals surface area contributed by atoms with E-state index in [1.165, 1.54) is 21.9 Å². The number of hydrogen-bond donors (Lipinski definition) is 0. The summed E-state index contributed by atoms with van der Waals surface area (Å²) >= 11 is 0. The van der Waals surface area contributed by atoms with E-state index in [-0.39, 0.29) is 0 Å². The van der Waals surface area contributed by atoms with Gasteiger partial charge in [-0.15, -0.1) is 0 Å². The lowest BCUT2D eigenvalue weighted by atomic mass is 9.89. The van der Waals surface area contributed by atoms with Crippen molar-refractivity contribution in [3.05, 3.63) is 46.5 Å². The first-order valence-corrected chi connectivity index (χ1v) is 9.44. The highest BCUT2D eigenvalue weighted by Gasteiger charge is 2.22. The van der Waals surface area contributed by atoms with Crippen LogP contribution in [0.25, 0.3) is 43.4 Å². The summed E-state index contributed by atoms with van der Waals surface area (Å²) < 4.78 is 11.3. The maximum absolute atomic E-state index is 5.64. The van der Waals surface area contributed by atoms with E-state index in [2.05, 4.69) is 52.0 Å². The highest BCUT2D eigenvalue weighted by Crippen LogP contribution is 2.44. The normalized spacial score (nSPS) is 11.9. The van der Waals surface area contributed by atoms with Gasteiger partial charge in [0, 0.05) is 32.7 Å². The van der Waals surface area contributed by atoms with Crippen molar-refractivity contribution in [1.29, 1.82) is 0 Å². The second-order valence-corrected chi connectivity index (χ2v) is 7.55. The standard InChI is InChI=1S/C24H22N2O2/c1-11-7-9-15-19-17(11)13(3)23(27-5)25-21(19)16-10-8-12(2)18-14(4)24(28-6)26-22(15)20(16)18/h7-10H,1-6H3. The predicted octanol–water partition coefficient (Wildman–Crippen LogP) is 5.78. The van der Waals surface area contributed by atoms with Crippen LogP contribution in [-0.2, 0) is 0 Å². The largest absolute Gasteiger partial charge is 0.481 e. The lowest BCUT2D eigenvalue weighted by molar-refractivity contribution is 0.397. The molecule has 0 fully saturated rings. The Kier molecular flexibility index (Phi) is 3.45. The van der Waals surface area contributed by atoms with E-state index in [1.807, 2.05) is 0 Å². The first-order valence-electron chi connectivity index (χ1n) is 9.44. The molecule has 4 heteroatoms. The summed E-state index contributed by atoms with van der Waals surface area (Å²) in [6, 6.07) is 8.65. The molecule has 0 atom stereocenters. The number of aromatic nitrogens is 2. The molecule has 4 nitrogen and oxygen atoms in total. The van der Waals surface area contributed by atoms with E-state index in [0.29, 0.717) is 11.8 Å². The SMILES string of the molecule is COc1nc2c3ccc(C)c4c(C)c(OC)nc(c5ccc(C)c(c1C)c52)c43. The highest BCUT2D eigenvalue weighted by molar-refractivity contribution is 6.32. The molecule has 0 radical (unpaired) electrons. The lowest BCUT2D eigenvalue weighted by Crippen LogP contribution is -2.01. The van der Waals surface area contributed by atoms with Crippen molar-refractivity contribution in [3.63, 3.8) is 0 Å². The van der Waals surface area contributed by atoms with Crippen molar-refractivity contribution in [2.24, 2.45) is 0 Å². The number of pyridine rings is 2. The summed E-state index contributed by atoms with van der Waals surface area (Å²) in [6.45, 7) is 8.42. The van der Waals surface area contributed by atoms with Gasteiger partial charge in [-0.3, -0.25) is 0 Å². The molecule has 0 amide bonds. The first kappa shape index (κ1) is 17.0. The summed E-state index contributed by atoms with van der Waals surface area (Å²) in [6.07, 6.45) is 0.